The van der Waals surface area contributed by atoms with E-state index < -0.39 is 0 Å². The molecule has 0 spiro atoms. The number of pyridine rings is 1. The molecule has 0 fully saturated rings. The fraction of sp³-hybridized carbons (Fsp3) is 0.294. The van der Waals surface area contributed by atoms with Gasteiger partial charge in [0.05, 0.1) is 12.2 Å². The molecular weight excluding hydrogens is 298 g/mol. The Hall–Kier alpha value is -2.07. The molecule has 2 amide bonds. The topological polar surface area (TPSA) is 45.2 Å². The summed E-state index contributed by atoms with van der Waals surface area (Å²) in [5.41, 5.74) is 4.27. The number of amides is 2. The van der Waals surface area contributed by atoms with Gasteiger partial charge >= 0.3 is 6.03 Å². The van der Waals surface area contributed by atoms with Crippen LogP contribution in [0.15, 0.2) is 36.5 Å². The molecule has 22 heavy (non-hydrogen) atoms. The maximum atomic E-state index is 12.3. The van der Waals surface area contributed by atoms with Crippen molar-refractivity contribution >= 4 is 17.6 Å². The molecule has 0 saturated heterocycles. The quantitative estimate of drug-likeness (QED) is 0.924. The summed E-state index contributed by atoms with van der Waals surface area (Å²) in [6.45, 7) is 3.73. The van der Waals surface area contributed by atoms with Crippen molar-refractivity contribution < 1.29 is 4.79 Å². The molecule has 0 aliphatic carbocycles. The van der Waals surface area contributed by atoms with E-state index in [0.29, 0.717) is 19.6 Å². The molecule has 4 nitrogen and oxygen atoms in total. The Morgan fingerprint density at radius 2 is 2.23 bits per heavy atom. The normalized spacial score (nSPS) is 13.6. The predicted molar refractivity (Wildman–Crippen MR) is 86.8 cm³/mol. The largest absolute Gasteiger partial charge is 0.332 e. The minimum atomic E-state index is -0.0596. The fourth-order valence-electron chi connectivity index (χ4n) is 2.71. The highest BCUT2D eigenvalue weighted by Gasteiger charge is 2.21. The lowest BCUT2D eigenvalue weighted by Gasteiger charge is -2.29. The van der Waals surface area contributed by atoms with Gasteiger partial charge in [0.25, 0.3) is 0 Å². The van der Waals surface area contributed by atoms with Crippen LogP contribution in [0.5, 0.6) is 0 Å². The maximum Gasteiger partial charge on any atom is 0.318 e. The van der Waals surface area contributed by atoms with Crippen LogP contribution in [0.3, 0.4) is 0 Å². The summed E-state index contributed by atoms with van der Waals surface area (Å²) < 4.78 is 0. The van der Waals surface area contributed by atoms with E-state index in [4.69, 9.17) is 11.6 Å². The van der Waals surface area contributed by atoms with Crippen LogP contribution in [0.25, 0.3) is 0 Å². The molecule has 0 unspecified atom stereocenters. The first-order valence-corrected chi connectivity index (χ1v) is 7.72. The average molecular weight is 316 g/mol. The monoisotopic (exact) mass is 315 g/mol. The number of fused-ring (bicyclic) bond motifs is 1. The van der Waals surface area contributed by atoms with E-state index in [1.807, 2.05) is 42.2 Å². The molecule has 3 rings (SSSR count). The number of hydrogen-bond acceptors (Lipinski definition) is 2. The van der Waals surface area contributed by atoms with Gasteiger partial charge in [-0.3, -0.25) is 4.98 Å². The molecule has 2 heterocycles. The van der Waals surface area contributed by atoms with Gasteiger partial charge in [0, 0.05) is 24.3 Å². The van der Waals surface area contributed by atoms with Crippen molar-refractivity contribution in [3.63, 3.8) is 0 Å². The molecule has 0 radical (unpaired) electrons. The van der Waals surface area contributed by atoms with Crippen LogP contribution in [-0.2, 0) is 19.5 Å². The van der Waals surface area contributed by atoms with Crippen molar-refractivity contribution in [2.75, 3.05) is 6.54 Å². The van der Waals surface area contributed by atoms with Crippen LogP contribution in [0.1, 0.15) is 22.4 Å². The number of carbonyl (C=O) groups excluding carboxylic acids is 1. The van der Waals surface area contributed by atoms with Gasteiger partial charge in [0.15, 0.2) is 0 Å². The van der Waals surface area contributed by atoms with E-state index in [2.05, 4.69) is 10.3 Å². The van der Waals surface area contributed by atoms with E-state index in [9.17, 15) is 4.79 Å². The molecule has 5 heteroatoms. The fourth-order valence-corrected chi connectivity index (χ4v) is 3.00. The summed E-state index contributed by atoms with van der Waals surface area (Å²) in [5, 5.41) is 3.74. The Bertz CT molecular complexity index is 702. The smallest absolute Gasteiger partial charge is 0.318 e. The number of halogens is 1. The minimum Gasteiger partial charge on any atom is -0.332 e. The van der Waals surface area contributed by atoms with E-state index in [-0.39, 0.29) is 6.03 Å². The Kier molecular flexibility index (Phi) is 4.29. The number of urea groups is 1. The van der Waals surface area contributed by atoms with Crippen LogP contribution in [0.4, 0.5) is 4.79 Å². The van der Waals surface area contributed by atoms with Crippen molar-refractivity contribution in [3.8, 4) is 0 Å². The summed E-state index contributed by atoms with van der Waals surface area (Å²) in [4.78, 5) is 18.4. The predicted octanol–water partition coefficient (Wildman–Crippen LogP) is 3.31. The molecule has 114 valence electrons. The average Bonchev–Trinajstić information content (AvgIpc) is 2.54. The maximum absolute atomic E-state index is 12.3. The second-order valence-corrected chi connectivity index (χ2v) is 5.88. The number of hydrogen-bond donors (Lipinski definition) is 1. The molecule has 1 N–H and O–H groups in total. The van der Waals surface area contributed by atoms with E-state index >= 15 is 0 Å². The molecule has 1 aliphatic heterocycles. The number of nitrogens with zero attached hydrogens (tertiary/aromatic N) is 2. The van der Waals surface area contributed by atoms with Gasteiger partial charge in [-0.05, 0) is 42.2 Å². The van der Waals surface area contributed by atoms with Gasteiger partial charge in [-0.2, -0.15) is 0 Å². The lowest BCUT2D eigenvalue weighted by Crippen LogP contribution is -2.42. The first-order valence-electron chi connectivity index (χ1n) is 7.34. The molecule has 1 aliphatic rings. The standard InChI is InChI=1S/C17H18ClN3O/c1-12-4-3-8-19-16(12)10-20-17(22)21-9-7-14-13(11-21)5-2-6-15(14)18/h2-6,8H,7,9-11H2,1H3,(H,20,22). The van der Waals surface area contributed by atoms with Gasteiger partial charge < -0.3 is 10.2 Å². The third-order valence-electron chi connectivity index (χ3n) is 4.02. The number of carbonyl (C=O) groups is 1. The summed E-state index contributed by atoms with van der Waals surface area (Å²) in [6.07, 6.45) is 2.54. The van der Waals surface area contributed by atoms with Crippen LogP contribution in [0, 0.1) is 6.92 Å². The number of aryl methyl sites for hydroxylation is 1. The summed E-state index contributed by atoms with van der Waals surface area (Å²) in [6, 6.07) is 9.69. The van der Waals surface area contributed by atoms with Gasteiger partial charge in [-0.15, -0.1) is 0 Å². The highest BCUT2D eigenvalue weighted by molar-refractivity contribution is 6.31. The Morgan fingerprint density at radius 1 is 1.36 bits per heavy atom. The van der Waals surface area contributed by atoms with Crippen molar-refractivity contribution in [3.05, 3.63) is 63.9 Å². The second-order valence-electron chi connectivity index (χ2n) is 5.47. The number of aromatic nitrogens is 1. The number of nitrogens with one attached hydrogen (secondary N) is 1. The minimum absolute atomic E-state index is 0.0596. The molecule has 1 aromatic heterocycles. The van der Waals surface area contributed by atoms with Crippen LogP contribution < -0.4 is 5.32 Å². The molecule has 0 atom stereocenters. The van der Waals surface area contributed by atoms with E-state index in [0.717, 1.165) is 33.8 Å². The molecule has 0 saturated carbocycles. The molecule has 2 aromatic rings. The number of benzene rings is 1. The molecule has 0 bridgehead atoms. The third kappa shape index (κ3) is 3.07. The molecular formula is C17H18ClN3O. The third-order valence-corrected chi connectivity index (χ3v) is 4.38. The van der Waals surface area contributed by atoms with Crippen molar-refractivity contribution in [1.82, 2.24) is 15.2 Å². The van der Waals surface area contributed by atoms with Crippen LogP contribution in [-0.4, -0.2) is 22.5 Å². The van der Waals surface area contributed by atoms with Crippen LogP contribution in [0.2, 0.25) is 5.02 Å². The highest BCUT2D eigenvalue weighted by Crippen LogP contribution is 2.25. The lowest BCUT2D eigenvalue weighted by atomic mass is 10.00. The Labute approximate surface area is 135 Å². The zero-order valence-electron chi connectivity index (χ0n) is 12.5. The second kappa shape index (κ2) is 6.36. The van der Waals surface area contributed by atoms with Crippen molar-refractivity contribution in [2.24, 2.45) is 0 Å². The first kappa shape index (κ1) is 14.9. The lowest BCUT2D eigenvalue weighted by molar-refractivity contribution is 0.192. The zero-order chi connectivity index (χ0) is 15.5. The highest BCUT2D eigenvalue weighted by atomic mass is 35.5. The van der Waals surface area contributed by atoms with Gasteiger partial charge in [-0.1, -0.05) is 29.8 Å². The van der Waals surface area contributed by atoms with Gasteiger partial charge in [0.2, 0.25) is 0 Å². The van der Waals surface area contributed by atoms with Crippen LogP contribution >= 0.6 is 11.6 Å². The Balaban J connectivity index is 1.63. The zero-order valence-corrected chi connectivity index (χ0v) is 13.2. The van der Waals surface area contributed by atoms with Crippen molar-refractivity contribution in [1.29, 1.82) is 0 Å². The van der Waals surface area contributed by atoms with Crippen molar-refractivity contribution in [2.45, 2.75) is 26.4 Å². The van der Waals surface area contributed by atoms with E-state index in [1.165, 1.54) is 0 Å². The summed E-state index contributed by atoms with van der Waals surface area (Å²) in [5.74, 6) is 0. The SMILES string of the molecule is Cc1cccnc1CNC(=O)N1CCc2c(Cl)cccc2C1. The van der Waals surface area contributed by atoms with E-state index in [1.54, 1.807) is 6.20 Å². The Morgan fingerprint density at radius 3 is 3.05 bits per heavy atom. The first-order chi connectivity index (χ1) is 10.6. The molecule has 1 aromatic carbocycles. The number of rotatable bonds is 2. The van der Waals surface area contributed by atoms with Gasteiger partial charge in [0.1, 0.15) is 0 Å². The summed E-state index contributed by atoms with van der Waals surface area (Å²) >= 11 is 6.20. The van der Waals surface area contributed by atoms with Gasteiger partial charge in [-0.25, -0.2) is 4.79 Å². The summed E-state index contributed by atoms with van der Waals surface area (Å²) in [7, 11) is 0.